The highest BCUT2D eigenvalue weighted by Gasteiger charge is 2.48. The van der Waals surface area contributed by atoms with Crippen LogP contribution in [0.5, 0.6) is 0 Å². The Bertz CT molecular complexity index is 1060. The number of hydrogen-bond donors (Lipinski definition) is 0. The molecule has 29 heavy (non-hydrogen) atoms. The molecule has 0 N–H and O–H groups in total. The van der Waals surface area contributed by atoms with Crippen molar-refractivity contribution in [1.82, 2.24) is 9.80 Å². The second-order valence-electron chi connectivity index (χ2n) is 7.16. The molecule has 1 atom stereocenters. The van der Waals surface area contributed by atoms with Gasteiger partial charge in [0.1, 0.15) is 28.9 Å². The highest BCUT2D eigenvalue weighted by Crippen LogP contribution is 2.31. The number of amides is 2. The molecule has 0 bridgehead atoms. The van der Waals surface area contributed by atoms with Crippen molar-refractivity contribution in [2.75, 3.05) is 14.1 Å². The molecule has 2 amide bonds. The van der Waals surface area contributed by atoms with Crippen LogP contribution in [0.4, 0.5) is 8.78 Å². The molecular formula is C22H19F2N3O2. The van der Waals surface area contributed by atoms with Crippen molar-refractivity contribution in [3.63, 3.8) is 0 Å². The van der Waals surface area contributed by atoms with E-state index in [1.54, 1.807) is 13.0 Å². The lowest BCUT2D eigenvalue weighted by molar-refractivity contribution is -0.155. The van der Waals surface area contributed by atoms with E-state index in [-0.39, 0.29) is 17.2 Å². The lowest BCUT2D eigenvalue weighted by atomic mass is 9.87. The molecule has 0 aromatic heterocycles. The van der Waals surface area contributed by atoms with Crippen LogP contribution in [0, 0.1) is 23.0 Å². The van der Waals surface area contributed by atoms with Gasteiger partial charge in [-0.15, -0.1) is 0 Å². The molecule has 2 aromatic rings. The van der Waals surface area contributed by atoms with E-state index in [1.807, 2.05) is 30.3 Å². The third kappa shape index (κ3) is 3.49. The zero-order chi connectivity index (χ0) is 21.3. The predicted molar refractivity (Wildman–Crippen MR) is 103 cm³/mol. The summed E-state index contributed by atoms with van der Waals surface area (Å²) in [6.45, 7) is 1.68. The summed E-state index contributed by atoms with van der Waals surface area (Å²) in [6.07, 6.45) is 1.48. The zero-order valence-electron chi connectivity index (χ0n) is 16.2. The van der Waals surface area contributed by atoms with Gasteiger partial charge in [0.2, 0.25) is 0 Å². The number of piperazine rings is 1. The van der Waals surface area contributed by atoms with Crippen LogP contribution < -0.4 is 0 Å². The molecule has 1 fully saturated rings. The van der Waals surface area contributed by atoms with Gasteiger partial charge in [0, 0.05) is 32.1 Å². The van der Waals surface area contributed by atoms with E-state index in [0.29, 0.717) is 12.5 Å². The van der Waals surface area contributed by atoms with Crippen LogP contribution in [0.25, 0.3) is 6.08 Å². The Kier molecular flexibility index (Phi) is 5.21. The van der Waals surface area contributed by atoms with Gasteiger partial charge in [0.05, 0.1) is 5.56 Å². The minimum atomic E-state index is -1.13. The summed E-state index contributed by atoms with van der Waals surface area (Å²) >= 11 is 0. The Hall–Kier alpha value is -3.53. The highest BCUT2D eigenvalue weighted by molar-refractivity contribution is 6.08. The Morgan fingerprint density at radius 1 is 1.14 bits per heavy atom. The number of benzene rings is 2. The first-order chi connectivity index (χ1) is 13.7. The number of rotatable bonds is 3. The van der Waals surface area contributed by atoms with E-state index in [0.717, 1.165) is 11.6 Å². The second-order valence-corrected chi connectivity index (χ2v) is 7.16. The number of halogens is 2. The first-order valence-electron chi connectivity index (χ1n) is 8.90. The fourth-order valence-corrected chi connectivity index (χ4v) is 3.47. The number of carbonyl (C=O) groups is 2. The Morgan fingerprint density at radius 2 is 1.79 bits per heavy atom. The summed E-state index contributed by atoms with van der Waals surface area (Å²) in [4.78, 5) is 28.7. The third-order valence-electron chi connectivity index (χ3n) is 5.27. The molecule has 148 valence electrons. The van der Waals surface area contributed by atoms with Crippen LogP contribution in [0.1, 0.15) is 23.6 Å². The molecule has 1 heterocycles. The maximum Gasteiger partial charge on any atom is 0.271 e. The van der Waals surface area contributed by atoms with Crippen LogP contribution in [-0.4, -0.2) is 41.2 Å². The Morgan fingerprint density at radius 3 is 2.41 bits per heavy atom. The number of hydrogen-bond acceptors (Lipinski definition) is 3. The van der Waals surface area contributed by atoms with Crippen LogP contribution in [0.15, 0.2) is 48.2 Å². The number of nitriles is 1. The minimum Gasteiger partial charge on any atom is -0.326 e. The molecule has 5 nitrogen and oxygen atoms in total. The van der Waals surface area contributed by atoms with E-state index in [4.69, 9.17) is 0 Å². The van der Waals surface area contributed by atoms with Crippen molar-refractivity contribution in [2.45, 2.75) is 18.9 Å². The smallest absolute Gasteiger partial charge is 0.271 e. The summed E-state index contributed by atoms with van der Waals surface area (Å²) in [6, 6.07) is 12.5. The third-order valence-corrected chi connectivity index (χ3v) is 5.27. The van der Waals surface area contributed by atoms with Crippen molar-refractivity contribution in [3.05, 3.63) is 76.5 Å². The summed E-state index contributed by atoms with van der Waals surface area (Å²) in [5.41, 5.74) is -0.802. The van der Waals surface area contributed by atoms with E-state index in [9.17, 15) is 23.6 Å². The topological polar surface area (TPSA) is 64.4 Å². The van der Waals surface area contributed by atoms with Crippen LogP contribution in [0.2, 0.25) is 0 Å². The molecule has 1 saturated heterocycles. The maximum atomic E-state index is 13.9. The van der Waals surface area contributed by atoms with Gasteiger partial charge < -0.3 is 9.80 Å². The zero-order valence-corrected chi connectivity index (χ0v) is 16.2. The molecule has 7 heteroatoms. The minimum absolute atomic E-state index is 0.0652. The lowest BCUT2D eigenvalue weighted by Gasteiger charge is -2.45. The molecule has 0 saturated carbocycles. The number of nitrogens with zero attached hydrogens (tertiary/aromatic N) is 3. The number of carbonyl (C=O) groups excluding carboxylic acids is 2. The lowest BCUT2D eigenvalue weighted by Crippen LogP contribution is -2.64. The normalized spacial score (nSPS) is 20.9. The van der Waals surface area contributed by atoms with Crippen LogP contribution in [-0.2, 0) is 16.0 Å². The van der Waals surface area contributed by atoms with E-state index in [2.05, 4.69) is 0 Å². The first-order valence-corrected chi connectivity index (χ1v) is 8.90. The van der Waals surface area contributed by atoms with Gasteiger partial charge in [-0.2, -0.15) is 5.26 Å². The van der Waals surface area contributed by atoms with Crippen molar-refractivity contribution < 1.29 is 18.4 Å². The van der Waals surface area contributed by atoms with Gasteiger partial charge in [0.25, 0.3) is 11.8 Å². The van der Waals surface area contributed by atoms with Gasteiger partial charge in [-0.3, -0.25) is 9.59 Å². The molecule has 1 unspecified atom stereocenters. The maximum absolute atomic E-state index is 13.9. The standard InChI is InChI=1S/C22H19F2N3O2/c1-22(12-14-7-5-4-6-8-14)21(29)26(2)19(20(28)27(22)3)10-15-9-16(23)11-18(24)17(15)13-25/h4-11H,12H2,1-3H3. The summed E-state index contributed by atoms with van der Waals surface area (Å²) in [5.74, 6) is -2.74. The average Bonchev–Trinajstić information content (AvgIpc) is 2.69. The average molecular weight is 395 g/mol. The molecule has 0 radical (unpaired) electrons. The van der Waals surface area contributed by atoms with E-state index < -0.39 is 28.6 Å². The molecule has 0 spiro atoms. The Balaban J connectivity index is 2.04. The molecule has 1 aliphatic heterocycles. The fourth-order valence-electron chi connectivity index (χ4n) is 3.47. The molecule has 3 rings (SSSR count). The first kappa shape index (κ1) is 20.2. The van der Waals surface area contributed by atoms with Crippen molar-refractivity contribution in [1.29, 1.82) is 5.26 Å². The predicted octanol–water partition coefficient (Wildman–Crippen LogP) is 3.11. The highest BCUT2D eigenvalue weighted by atomic mass is 19.1. The van der Waals surface area contributed by atoms with Gasteiger partial charge in [-0.1, -0.05) is 30.3 Å². The monoisotopic (exact) mass is 395 g/mol. The van der Waals surface area contributed by atoms with Gasteiger partial charge in [0.15, 0.2) is 0 Å². The van der Waals surface area contributed by atoms with Gasteiger partial charge >= 0.3 is 0 Å². The van der Waals surface area contributed by atoms with E-state index >= 15 is 0 Å². The van der Waals surface area contributed by atoms with Crippen LogP contribution >= 0.6 is 0 Å². The molecule has 2 aromatic carbocycles. The summed E-state index contributed by atoms with van der Waals surface area (Å²) in [7, 11) is 2.95. The molecule has 1 aliphatic rings. The van der Waals surface area contributed by atoms with Crippen molar-refractivity contribution in [3.8, 4) is 6.07 Å². The Labute approximate surface area is 167 Å². The fraction of sp³-hybridized carbons (Fsp3) is 0.227. The quantitative estimate of drug-likeness (QED) is 0.750. The van der Waals surface area contributed by atoms with E-state index in [1.165, 1.54) is 30.0 Å². The molecule has 0 aliphatic carbocycles. The second kappa shape index (κ2) is 7.47. The van der Waals surface area contributed by atoms with Gasteiger partial charge in [-0.05, 0) is 24.6 Å². The van der Waals surface area contributed by atoms with Gasteiger partial charge in [-0.25, -0.2) is 8.78 Å². The largest absolute Gasteiger partial charge is 0.326 e. The van der Waals surface area contributed by atoms with Crippen LogP contribution in [0.3, 0.4) is 0 Å². The molecular weight excluding hydrogens is 376 g/mol. The van der Waals surface area contributed by atoms with Crippen molar-refractivity contribution in [2.24, 2.45) is 0 Å². The SMILES string of the molecule is CN1C(=O)C(C)(Cc2ccccc2)N(C)C(=O)C1=Cc1cc(F)cc(F)c1C#N. The number of likely N-dealkylation sites (N-methyl/N-ethyl adjacent to an activating group) is 2. The summed E-state index contributed by atoms with van der Waals surface area (Å²) in [5, 5.41) is 9.19. The summed E-state index contributed by atoms with van der Waals surface area (Å²) < 4.78 is 27.6. The van der Waals surface area contributed by atoms with Crippen molar-refractivity contribution >= 4 is 17.9 Å².